The number of aryl methyl sites for hydroxylation is 1. The fraction of sp³-hybridized carbons (Fsp3) is 0.294. The van der Waals surface area contributed by atoms with E-state index in [2.05, 4.69) is 15.9 Å². The smallest absolute Gasteiger partial charge is 0.163 e. The van der Waals surface area contributed by atoms with E-state index >= 15 is 0 Å². The Bertz CT molecular complexity index is 655. The van der Waals surface area contributed by atoms with Gasteiger partial charge in [0.2, 0.25) is 0 Å². The van der Waals surface area contributed by atoms with Gasteiger partial charge in [0.05, 0.1) is 19.0 Å². The van der Waals surface area contributed by atoms with E-state index in [0.29, 0.717) is 17.1 Å². The highest BCUT2D eigenvalue weighted by Gasteiger charge is 2.20. The first-order chi connectivity index (χ1) is 9.99. The fourth-order valence-electron chi connectivity index (χ4n) is 2.28. The van der Waals surface area contributed by atoms with E-state index in [9.17, 15) is 4.39 Å². The van der Waals surface area contributed by atoms with Crippen LogP contribution >= 0.6 is 15.9 Å². The molecule has 0 saturated carbocycles. The van der Waals surface area contributed by atoms with Crippen molar-refractivity contribution in [1.82, 2.24) is 0 Å². The van der Waals surface area contributed by atoms with Crippen molar-refractivity contribution < 1.29 is 13.9 Å². The van der Waals surface area contributed by atoms with Crippen LogP contribution in [0.3, 0.4) is 0 Å². The largest absolute Gasteiger partial charge is 0.493 e. The number of alkyl halides is 1. The van der Waals surface area contributed by atoms with Crippen LogP contribution in [0.1, 0.15) is 27.1 Å². The maximum absolute atomic E-state index is 14.4. The number of rotatable bonds is 4. The average molecular weight is 353 g/mol. The third-order valence-electron chi connectivity index (χ3n) is 3.70. The van der Waals surface area contributed by atoms with Crippen LogP contribution in [0.25, 0.3) is 0 Å². The normalized spacial score (nSPS) is 12.1. The molecule has 2 nitrogen and oxygen atoms in total. The summed E-state index contributed by atoms with van der Waals surface area (Å²) >= 11 is 3.60. The molecule has 0 aliphatic heterocycles. The minimum absolute atomic E-state index is 0.239. The Hall–Kier alpha value is -1.55. The van der Waals surface area contributed by atoms with Gasteiger partial charge in [0.1, 0.15) is 5.82 Å². The number of methoxy groups -OCH3 is 2. The second-order valence-electron chi connectivity index (χ2n) is 4.88. The van der Waals surface area contributed by atoms with Crippen LogP contribution in [0.5, 0.6) is 11.5 Å². The lowest BCUT2D eigenvalue weighted by atomic mass is 9.96. The summed E-state index contributed by atoms with van der Waals surface area (Å²) in [6.07, 6.45) is 0. The Morgan fingerprint density at radius 2 is 1.62 bits per heavy atom. The van der Waals surface area contributed by atoms with E-state index in [1.165, 1.54) is 18.7 Å². The molecule has 2 rings (SSSR count). The number of halogens is 2. The molecule has 2 aromatic rings. The van der Waals surface area contributed by atoms with E-state index in [4.69, 9.17) is 9.47 Å². The zero-order valence-electron chi connectivity index (χ0n) is 12.5. The van der Waals surface area contributed by atoms with Gasteiger partial charge in [-0.1, -0.05) is 34.1 Å². The highest BCUT2D eigenvalue weighted by atomic mass is 79.9. The van der Waals surface area contributed by atoms with E-state index in [1.54, 1.807) is 13.2 Å². The van der Waals surface area contributed by atoms with E-state index < -0.39 is 0 Å². The highest BCUT2D eigenvalue weighted by Crippen LogP contribution is 2.39. The van der Waals surface area contributed by atoms with Crippen molar-refractivity contribution in [2.75, 3.05) is 14.2 Å². The molecule has 0 amide bonds. The lowest BCUT2D eigenvalue weighted by Gasteiger charge is -2.18. The Balaban J connectivity index is 2.53. The quantitative estimate of drug-likeness (QED) is 0.725. The first-order valence-corrected chi connectivity index (χ1v) is 7.52. The number of hydrogen-bond acceptors (Lipinski definition) is 2. The van der Waals surface area contributed by atoms with Gasteiger partial charge < -0.3 is 9.47 Å². The third-order valence-corrected chi connectivity index (χ3v) is 4.68. The fourth-order valence-corrected chi connectivity index (χ4v) is 3.13. The third kappa shape index (κ3) is 3.05. The van der Waals surface area contributed by atoms with Crippen molar-refractivity contribution in [2.45, 2.75) is 18.7 Å². The van der Waals surface area contributed by atoms with Gasteiger partial charge >= 0.3 is 0 Å². The maximum atomic E-state index is 14.4. The Kier molecular flexibility index (Phi) is 4.88. The summed E-state index contributed by atoms with van der Waals surface area (Å²) in [7, 11) is 3.04. The molecular weight excluding hydrogens is 335 g/mol. The average Bonchev–Trinajstić information content (AvgIpc) is 2.49. The van der Waals surface area contributed by atoms with E-state index in [0.717, 1.165) is 11.1 Å². The zero-order chi connectivity index (χ0) is 15.6. The lowest BCUT2D eigenvalue weighted by molar-refractivity contribution is 0.351. The van der Waals surface area contributed by atoms with Crippen LogP contribution in [0, 0.1) is 19.7 Å². The van der Waals surface area contributed by atoms with Crippen LogP contribution in [-0.2, 0) is 0 Å². The molecule has 0 N–H and O–H groups in total. The number of hydrogen-bond donors (Lipinski definition) is 0. The summed E-state index contributed by atoms with van der Waals surface area (Å²) in [4.78, 5) is -0.239. The molecule has 0 heterocycles. The summed E-state index contributed by atoms with van der Waals surface area (Å²) < 4.78 is 24.7. The van der Waals surface area contributed by atoms with Crippen molar-refractivity contribution in [1.29, 1.82) is 0 Å². The molecule has 1 atom stereocenters. The summed E-state index contributed by atoms with van der Waals surface area (Å²) in [6, 6.07) is 9.05. The van der Waals surface area contributed by atoms with Crippen molar-refractivity contribution in [2.24, 2.45) is 0 Å². The van der Waals surface area contributed by atoms with E-state index in [1.807, 2.05) is 32.0 Å². The van der Waals surface area contributed by atoms with Crippen molar-refractivity contribution >= 4 is 15.9 Å². The standard InChI is InChI=1S/C17H18BrFO2/c1-10-6-5-7-12(11(10)2)17(18)13-8-15(20-3)16(21-4)9-14(13)19/h5-9,17H,1-4H3. The Labute approximate surface area is 133 Å². The van der Waals surface area contributed by atoms with Gasteiger partial charge in [0, 0.05) is 11.6 Å². The first kappa shape index (κ1) is 15.8. The Morgan fingerprint density at radius 3 is 2.24 bits per heavy atom. The van der Waals surface area contributed by atoms with Gasteiger partial charge in [-0.25, -0.2) is 4.39 Å². The Morgan fingerprint density at radius 1 is 1.00 bits per heavy atom. The van der Waals surface area contributed by atoms with Crippen LogP contribution in [0.15, 0.2) is 30.3 Å². The number of ether oxygens (including phenoxy) is 2. The molecule has 0 radical (unpaired) electrons. The molecular formula is C17H18BrFO2. The molecule has 0 saturated heterocycles. The predicted molar refractivity (Wildman–Crippen MR) is 86.2 cm³/mol. The molecule has 112 valence electrons. The molecule has 0 aliphatic rings. The van der Waals surface area contributed by atoms with Crippen LogP contribution in [0.2, 0.25) is 0 Å². The maximum Gasteiger partial charge on any atom is 0.163 e. The molecule has 0 aromatic heterocycles. The van der Waals surface area contributed by atoms with Crippen LogP contribution < -0.4 is 9.47 Å². The number of benzene rings is 2. The summed E-state index contributed by atoms with van der Waals surface area (Å²) in [5.41, 5.74) is 3.90. The molecule has 21 heavy (non-hydrogen) atoms. The minimum atomic E-state index is -0.324. The van der Waals surface area contributed by atoms with Gasteiger partial charge in [-0.2, -0.15) is 0 Å². The second kappa shape index (κ2) is 6.48. The van der Waals surface area contributed by atoms with Gasteiger partial charge in [-0.3, -0.25) is 0 Å². The minimum Gasteiger partial charge on any atom is -0.493 e. The van der Waals surface area contributed by atoms with E-state index in [-0.39, 0.29) is 10.6 Å². The van der Waals surface area contributed by atoms with Gasteiger partial charge in [-0.15, -0.1) is 0 Å². The molecule has 0 spiro atoms. The van der Waals surface area contributed by atoms with Gasteiger partial charge in [0.25, 0.3) is 0 Å². The lowest BCUT2D eigenvalue weighted by Crippen LogP contribution is -2.02. The van der Waals surface area contributed by atoms with Gasteiger partial charge in [-0.05, 0) is 36.6 Å². The van der Waals surface area contributed by atoms with Crippen molar-refractivity contribution in [3.63, 3.8) is 0 Å². The molecule has 0 bridgehead atoms. The predicted octanol–water partition coefficient (Wildman–Crippen LogP) is 4.94. The molecule has 2 aromatic carbocycles. The molecule has 4 heteroatoms. The summed E-state index contributed by atoms with van der Waals surface area (Å²) in [5.74, 6) is 0.582. The SMILES string of the molecule is COc1cc(F)c(C(Br)c2cccc(C)c2C)cc1OC. The van der Waals surface area contributed by atoms with Crippen LogP contribution in [0.4, 0.5) is 4.39 Å². The molecule has 0 fully saturated rings. The first-order valence-electron chi connectivity index (χ1n) is 6.61. The van der Waals surface area contributed by atoms with Crippen LogP contribution in [-0.4, -0.2) is 14.2 Å². The topological polar surface area (TPSA) is 18.5 Å². The summed E-state index contributed by atoms with van der Waals surface area (Å²) in [6.45, 7) is 4.08. The molecule has 0 aliphatic carbocycles. The molecule has 1 unspecified atom stereocenters. The second-order valence-corrected chi connectivity index (χ2v) is 5.80. The zero-order valence-corrected chi connectivity index (χ0v) is 14.1. The summed E-state index contributed by atoms with van der Waals surface area (Å²) in [5, 5.41) is 0. The van der Waals surface area contributed by atoms with Crippen molar-refractivity contribution in [3.8, 4) is 11.5 Å². The van der Waals surface area contributed by atoms with Crippen molar-refractivity contribution in [3.05, 3.63) is 58.4 Å². The van der Waals surface area contributed by atoms with Gasteiger partial charge in [0.15, 0.2) is 11.5 Å². The highest BCUT2D eigenvalue weighted by molar-refractivity contribution is 9.09. The monoisotopic (exact) mass is 352 g/mol.